The van der Waals surface area contributed by atoms with Crippen LogP contribution < -0.4 is 0 Å². The highest BCUT2D eigenvalue weighted by Crippen LogP contribution is 2.22. The minimum atomic E-state index is 0.315. The Labute approximate surface area is 105 Å². The summed E-state index contributed by atoms with van der Waals surface area (Å²) < 4.78 is 0. The van der Waals surface area contributed by atoms with Crippen molar-refractivity contribution in [2.24, 2.45) is 0 Å². The fourth-order valence-electron chi connectivity index (χ4n) is 1.92. The fraction of sp³-hybridized carbons (Fsp3) is 0.214. The topological polar surface area (TPSA) is 12.9 Å². The number of nitrogens with zero attached hydrogens (tertiary/aromatic N) is 1. The Bertz CT molecular complexity index is 472. The van der Waals surface area contributed by atoms with Crippen molar-refractivity contribution in [2.75, 3.05) is 0 Å². The van der Waals surface area contributed by atoms with E-state index in [2.05, 4.69) is 51.9 Å². The Morgan fingerprint density at radius 3 is 2.29 bits per heavy atom. The van der Waals surface area contributed by atoms with Gasteiger partial charge in [-0.2, -0.15) is 0 Å². The second-order valence-corrected chi connectivity index (χ2v) is 5.66. The van der Waals surface area contributed by atoms with E-state index in [1.165, 1.54) is 11.1 Å². The van der Waals surface area contributed by atoms with Crippen LogP contribution in [0.1, 0.15) is 12.5 Å². The third-order valence-electron chi connectivity index (χ3n) is 2.63. The van der Waals surface area contributed by atoms with Gasteiger partial charge in [-0.15, -0.1) is 0 Å². The van der Waals surface area contributed by atoms with Crippen LogP contribution in [0.5, 0.6) is 0 Å². The van der Waals surface area contributed by atoms with Gasteiger partial charge in [0.25, 0.3) is 0 Å². The van der Waals surface area contributed by atoms with E-state index < -0.39 is 0 Å². The predicted molar refractivity (Wildman–Crippen MR) is 78.8 cm³/mol. The Balaban J connectivity index is 2.19. The van der Waals surface area contributed by atoms with Crippen LogP contribution in [0.15, 0.2) is 48.7 Å². The smallest absolute Gasteiger partial charge is 0.0992 e. The lowest BCUT2D eigenvalue weighted by Crippen LogP contribution is -2.11. The zero-order chi connectivity index (χ0) is 12.3. The molecule has 0 saturated carbocycles. The van der Waals surface area contributed by atoms with Gasteiger partial charge in [0, 0.05) is 11.8 Å². The van der Waals surface area contributed by atoms with E-state index in [0.717, 1.165) is 12.1 Å². The molecule has 0 fully saturated rings. The molecule has 0 radical (unpaired) electrons. The van der Waals surface area contributed by atoms with Gasteiger partial charge >= 0.3 is 0 Å². The van der Waals surface area contributed by atoms with Crippen LogP contribution in [0, 0.1) is 0 Å². The highest BCUT2D eigenvalue weighted by Gasteiger charge is 2.11. The van der Waals surface area contributed by atoms with Crippen LogP contribution in [0.25, 0.3) is 11.3 Å². The second kappa shape index (κ2) is 4.79. The first-order chi connectivity index (χ1) is 8.04. The summed E-state index contributed by atoms with van der Waals surface area (Å²) in [5.74, 6) is 0. The molecule has 3 heteroatoms. The number of benzene rings is 1. The molecule has 0 aliphatic heterocycles. The second-order valence-electron chi connectivity index (χ2n) is 5.66. The summed E-state index contributed by atoms with van der Waals surface area (Å²) in [5, 5.41) is 0.315. The molecule has 17 heavy (non-hydrogen) atoms. The van der Waals surface area contributed by atoms with Crippen molar-refractivity contribution in [3.8, 4) is 11.3 Å². The van der Waals surface area contributed by atoms with Gasteiger partial charge in [-0.25, -0.2) is 0 Å². The molecule has 1 nitrogen and oxygen atoms in total. The zero-order valence-electron chi connectivity index (χ0n) is 10.8. The molecular formula is C14H17B2N. The molecular weight excluding hydrogens is 204 g/mol. The average molecular weight is 221 g/mol. The first-order valence-corrected chi connectivity index (χ1v) is 6.05. The first-order valence-electron chi connectivity index (χ1n) is 6.05. The molecule has 0 spiro atoms. The first kappa shape index (κ1) is 12.0. The van der Waals surface area contributed by atoms with E-state index in [4.69, 9.17) is 0 Å². The van der Waals surface area contributed by atoms with Gasteiger partial charge in [0.2, 0.25) is 0 Å². The minimum absolute atomic E-state index is 0.315. The molecule has 0 saturated heterocycles. The maximum atomic E-state index is 4.53. The molecule has 0 N–H and O–H groups in total. The molecule has 0 amide bonds. The van der Waals surface area contributed by atoms with Crippen LogP contribution in [0.4, 0.5) is 0 Å². The van der Waals surface area contributed by atoms with Crippen LogP contribution in [-0.2, 0) is 6.42 Å². The Kier molecular flexibility index (Phi) is 3.37. The number of pyridine rings is 1. The largest absolute Gasteiger partial charge is 0.256 e. The SMILES string of the molecule is BC(B)(C)Cc1ccc(-c2ccccc2)nc1. The molecule has 1 aromatic heterocycles. The number of hydrogen-bond acceptors (Lipinski definition) is 1. The Morgan fingerprint density at radius 1 is 1.06 bits per heavy atom. The monoisotopic (exact) mass is 221 g/mol. The van der Waals surface area contributed by atoms with Crippen molar-refractivity contribution in [1.82, 2.24) is 4.98 Å². The summed E-state index contributed by atoms with van der Waals surface area (Å²) in [6.07, 6.45) is 3.06. The lowest BCUT2D eigenvalue weighted by molar-refractivity contribution is 0.830. The molecule has 1 heterocycles. The summed E-state index contributed by atoms with van der Waals surface area (Å²) in [6.45, 7) is 2.25. The van der Waals surface area contributed by atoms with Gasteiger partial charge < -0.3 is 0 Å². The molecule has 0 bridgehead atoms. The van der Waals surface area contributed by atoms with Gasteiger partial charge in [-0.1, -0.05) is 48.5 Å². The van der Waals surface area contributed by atoms with E-state index in [1.54, 1.807) is 0 Å². The third kappa shape index (κ3) is 3.48. The van der Waals surface area contributed by atoms with Crippen LogP contribution >= 0.6 is 0 Å². The Hall–Kier alpha value is -1.50. The van der Waals surface area contributed by atoms with E-state index in [9.17, 15) is 0 Å². The van der Waals surface area contributed by atoms with Crippen LogP contribution in [0.2, 0.25) is 5.21 Å². The molecule has 84 valence electrons. The molecule has 0 aliphatic rings. The summed E-state index contributed by atoms with van der Waals surface area (Å²) in [4.78, 5) is 4.53. The quantitative estimate of drug-likeness (QED) is 0.718. The van der Waals surface area contributed by atoms with Crippen molar-refractivity contribution >= 4 is 15.7 Å². The summed E-state index contributed by atoms with van der Waals surface area (Å²) in [6, 6.07) is 14.6. The predicted octanol–water partition coefficient (Wildman–Crippen LogP) is 1.69. The highest BCUT2D eigenvalue weighted by molar-refractivity contribution is 6.39. The summed E-state index contributed by atoms with van der Waals surface area (Å²) >= 11 is 0. The van der Waals surface area contributed by atoms with Crippen LogP contribution in [0.3, 0.4) is 0 Å². The molecule has 1 aromatic carbocycles. The van der Waals surface area contributed by atoms with Crippen molar-refractivity contribution in [3.63, 3.8) is 0 Å². The average Bonchev–Trinajstić information content (AvgIpc) is 2.29. The van der Waals surface area contributed by atoms with E-state index in [0.29, 0.717) is 5.21 Å². The standard InChI is InChI=1S/C14H17B2N/c1-14(15,16)9-11-7-8-13(17-10-11)12-5-3-2-4-6-12/h2-8,10H,9,15-16H2,1H3. The van der Waals surface area contributed by atoms with E-state index in [-0.39, 0.29) is 0 Å². The molecule has 0 atom stereocenters. The van der Waals surface area contributed by atoms with Crippen molar-refractivity contribution in [3.05, 3.63) is 54.2 Å². The molecule has 0 unspecified atom stereocenters. The van der Waals surface area contributed by atoms with Crippen LogP contribution in [-0.4, -0.2) is 20.7 Å². The summed E-state index contributed by atoms with van der Waals surface area (Å²) in [7, 11) is 4.50. The zero-order valence-corrected chi connectivity index (χ0v) is 10.8. The third-order valence-corrected chi connectivity index (χ3v) is 2.63. The maximum Gasteiger partial charge on any atom is 0.0992 e. The van der Waals surface area contributed by atoms with Gasteiger partial charge in [-0.3, -0.25) is 4.98 Å². The lowest BCUT2D eigenvalue weighted by atomic mass is 9.53. The van der Waals surface area contributed by atoms with E-state index in [1.807, 2.05) is 24.4 Å². The minimum Gasteiger partial charge on any atom is -0.256 e. The maximum absolute atomic E-state index is 4.53. The van der Waals surface area contributed by atoms with Gasteiger partial charge in [0.1, 0.15) is 0 Å². The number of rotatable bonds is 3. The van der Waals surface area contributed by atoms with Crippen molar-refractivity contribution in [1.29, 1.82) is 0 Å². The normalized spacial score (nSPS) is 11.4. The van der Waals surface area contributed by atoms with E-state index >= 15 is 0 Å². The molecule has 2 aromatic rings. The lowest BCUT2D eigenvalue weighted by Gasteiger charge is -2.17. The highest BCUT2D eigenvalue weighted by atomic mass is 14.7. The van der Waals surface area contributed by atoms with Gasteiger partial charge in [0.15, 0.2) is 0 Å². The number of aromatic nitrogens is 1. The fourth-order valence-corrected chi connectivity index (χ4v) is 1.92. The van der Waals surface area contributed by atoms with Crippen molar-refractivity contribution in [2.45, 2.75) is 18.6 Å². The number of hydrogen-bond donors (Lipinski definition) is 0. The molecule has 0 aliphatic carbocycles. The van der Waals surface area contributed by atoms with Crippen molar-refractivity contribution < 1.29 is 0 Å². The van der Waals surface area contributed by atoms with Gasteiger partial charge in [0.05, 0.1) is 21.4 Å². The molecule has 2 rings (SSSR count). The summed E-state index contributed by atoms with van der Waals surface area (Å²) in [5.41, 5.74) is 3.52. The Morgan fingerprint density at radius 2 is 1.76 bits per heavy atom. The van der Waals surface area contributed by atoms with Gasteiger partial charge in [-0.05, 0) is 18.1 Å².